The zero-order valence-corrected chi connectivity index (χ0v) is 24.1. The van der Waals surface area contributed by atoms with Gasteiger partial charge in [-0.15, -0.1) is 0 Å². The van der Waals surface area contributed by atoms with Crippen molar-refractivity contribution in [1.29, 1.82) is 0 Å². The summed E-state index contributed by atoms with van der Waals surface area (Å²) in [4.78, 5) is 47.6. The van der Waals surface area contributed by atoms with Crippen molar-refractivity contribution in [3.8, 4) is 17.2 Å². The molecule has 1 aliphatic rings. The van der Waals surface area contributed by atoms with Gasteiger partial charge in [-0.05, 0) is 60.2 Å². The van der Waals surface area contributed by atoms with Crippen LogP contribution in [0, 0.1) is 13.7 Å². The molecule has 1 aliphatic heterocycles. The van der Waals surface area contributed by atoms with Crippen molar-refractivity contribution < 1.29 is 38.3 Å². The van der Waals surface area contributed by atoms with E-state index in [-0.39, 0.29) is 35.1 Å². The van der Waals surface area contributed by atoms with Crippen molar-refractivity contribution in [1.82, 2.24) is 16.1 Å². The Morgan fingerprint density at radius 2 is 1.95 bits per heavy atom. The molecule has 0 aliphatic carbocycles. The summed E-state index contributed by atoms with van der Waals surface area (Å²) in [5.74, 6) is -0.570. The fraction of sp³-hybridized carbons (Fsp3) is 0.280. The minimum Gasteiger partial charge on any atom is -0.493 e. The second-order valence-electron chi connectivity index (χ2n) is 8.09. The molecule has 0 radical (unpaired) electrons. The highest BCUT2D eigenvalue weighted by molar-refractivity contribution is 14.1. The van der Waals surface area contributed by atoms with Gasteiger partial charge in [-0.3, -0.25) is 14.9 Å². The van der Waals surface area contributed by atoms with Crippen LogP contribution in [0.1, 0.15) is 31.0 Å². The number of nitrogens with zero attached hydrogens (tertiary/aromatic N) is 2. The number of halogens is 1. The highest BCUT2D eigenvalue weighted by Crippen LogP contribution is 2.35. The number of rotatable bonds is 11. The first-order valence-corrected chi connectivity index (χ1v) is 12.8. The summed E-state index contributed by atoms with van der Waals surface area (Å²) in [6, 6.07) is 6.33. The molecule has 0 saturated heterocycles. The number of benzene rings is 2. The quantitative estimate of drug-likeness (QED) is 0.107. The average molecular weight is 667 g/mol. The van der Waals surface area contributed by atoms with Gasteiger partial charge in [0.05, 0.1) is 47.1 Å². The molecule has 212 valence electrons. The number of hydrazone groups is 1. The number of carbonyl (C=O) groups excluding carboxylic acids is 3. The van der Waals surface area contributed by atoms with Crippen LogP contribution in [0.25, 0.3) is 0 Å². The van der Waals surface area contributed by atoms with E-state index in [1.807, 2.05) is 22.6 Å². The molecule has 40 heavy (non-hydrogen) atoms. The van der Waals surface area contributed by atoms with Crippen LogP contribution in [-0.4, -0.2) is 56.5 Å². The number of urea groups is 1. The number of nitro benzene ring substituents is 1. The number of methoxy groups -OCH3 is 2. The molecule has 0 aromatic heterocycles. The molecule has 3 rings (SSSR count). The number of carbonyl (C=O) groups is 3. The van der Waals surface area contributed by atoms with E-state index < -0.39 is 35.5 Å². The minimum atomic E-state index is -0.801. The molecule has 0 unspecified atom stereocenters. The van der Waals surface area contributed by atoms with Crippen molar-refractivity contribution in [2.24, 2.45) is 5.10 Å². The van der Waals surface area contributed by atoms with Gasteiger partial charge < -0.3 is 29.6 Å². The Morgan fingerprint density at radius 1 is 1.20 bits per heavy atom. The lowest BCUT2D eigenvalue weighted by atomic mass is 9.95. The van der Waals surface area contributed by atoms with Gasteiger partial charge in [-0.25, -0.2) is 15.0 Å². The Bertz CT molecular complexity index is 1390. The Kier molecular flexibility index (Phi) is 10.2. The molecule has 0 fully saturated rings. The number of nitrogens with one attached hydrogen (secondary N) is 3. The lowest BCUT2D eigenvalue weighted by molar-refractivity contribution is -0.385. The monoisotopic (exact) mass is 667 g/mol. The summed E-state index contributed by atoms with van der Waals surface area (Å²) >= 11 is 1.90. The molecular formula is C25H26IN5O9. The summed E-state index contributed by atoms with van der Waals surface area (Å²) in [6.45, 7) is 3.02. The summed E-state index contributed by atoms with van der Waals surface area (Å²) in [5.41, 5.74) is 3.57. The molecule has 15 heteroatoms. The zero-order chi connectivity index (χ0) is 29.4. The van der Waals surface area contributed by atoms with Crippen LogP contribution >= 0.6 is 22.6 Å². The highest BCUT2D eigenvalue weighted by Gasteiger charge is 2.32. The van der Waals surface area contributed by atoms with E-state index in [0.29, 0.717) is 20.4 Å². The van der Waals surface area contributed by atoms with Crippen molar-refractivity contribution >= 4 is 52.4 Å². The van der Waals surface area contributed by atoms with E-state index in [1.165, 1.54) is 32.6 Å². The maximum Gasteiger partial charge on any atom is 0.338 e. The number of hydrogen-bond acceptors (Lipinski definition) is 10. The number of esters is 1. The predicted molar refractivity (Wildman–Crippen MR) is 150 cm³/mol. The third-order valence-corrected chi connectivity index (χ3v) is 6.30. The van der Waals surface area contributed by atoms with Crippen molar-refractivity contribution in [3.05, 3.63) is 66.4 Å². The first-order chi connectivity index (χ1) is 19.1. The lowest BCUT2D eigenvalue weighted by Gasteiger charge is -2.28. The van der Waals surface area contributed by atoms with Gasteiger partial charge in [-0.2, -0.15) is 5.10 Å². The molecular weight excluding hydrogens is 641 g/mol. The highest BCUT2D eigenvalue weighted by atomic mass is 127. The number of nitro groups is 1. The Labute approximate surface area is 242 Å². The van der Waals surface area contributed by atoms with Crippen LogP contribution in [0.2, 0.25) is 0 Å². The van der Waals surface area contributed by atoms with E-state index >= 15 is 0 Å². The van der Waals surface area contributed by atoms with Gasteiger partial charge in [0.15, 0.2) is 18.1 Å². The Balaban J connectivity index is 1.69. The van der Waals surface area contributed by atoms with E-state index in [0.717, 1.165) is 0 Å². The van der Waals surface area contributed by atoms with Crippen LogP contribution in [0.3, 0.4) is 0 Å². The second-order valence-corrected chi connectivity index (χ2v) is 9.26. The molecule has 3 N–H and O–H groups in total. The fourth-order valence-corrected chi connectivity index (χ4v) is 4.63. The second kappa shape index (κ2) is 13.6. The van der Waals surface area contributed by atoms with Crippen LogP contribution in [0.5, 0.6) is 17.2 Å². The molecule has 3 amide bonds. The Hall–Kier alpha value is -4.41. The average Bonchev–Trinajstić information content (AvgIpc) is 2.91. The topological polar surface area (TPSA) is 180 Å². The first-order valence-electron chi connectivity index (χ1n) is 11.7. The third-order valence-electron chi connectivity index (χ3n) is 5.49. The van der Waals surface area contributed by atoms with Gasteiger partial charge in [-0.1, -0.05) is 6.07 Å². The number of amides is 3. The minimum absolute atomic E-state index is 0.131. The number of hydrogen-bond donors (Lipinski definition) is 3. The van der Waals surface area contributed by atoms with E-state index in [2.05, 4.69) is 21.2 Å². The third kappa shape index (κ3) is 7.16. The summed E-state index contributed by atoms with van der Waals surface area (Å²) in [5, 5.41) is 20.4. The molecule has 1 heterocycles. The largest absolute Gasteiger partial charge is 0.493 e. The maximum absolute atomic E-state index is 12.5. The van der Waals surface area contributed by atoms with Crippen LogP contribution < -0.4 is 30.3 Å². The van der Waals surface area contributed by atoms with Gasteiger partial charge in [0.1, 0.15) is 0 Å². The van der Waals surface area contributed by atoms with Crippen LogP contribution in [0.15, 0.2) is 46.7 Å². The molecule has 0 saturated carbocycles. The zero-order valence-electron chi connectivity index (χ0n) is 21.9. The summed E-state index contributed by atoms with van der Waals surface area (Å²) in [7, 11) is 2.74. The summed E-state index contributed by atoms with van der Waals surface area (Å²) < 4.78 is 21.7. The SMILES string of the molecule is CCOC(=O)C1=C(C)NC(=O)N[C@H]1c1ccc(OCC(=O)N/N=C\c2cc(I)c(OC)c([N+](=O)[O-])c2)c(OC)c1. The smallest absolute Gasteiger partial charge is 0.338 e. The fourth-order valence-electron chi connectivity index (χ4n) is 3.77. The lowest BCUT2D eigenvalue weighted by Crippen LogP contribution is -2.45. The van der Waals surface area contributed by atoms with Crippen LogP contribution in [-0.2, 0) is 14.3 Å². The maximum atomic E-state index is 12.5. The van der Waals surface area contributed by atoms with E-state index in [1.54, 1.807) is 32.0 Å². The molecule has 2 aromatic carbocycles. The van der Waals surface area contributed by atoms with Gasteiger partial charge in [0, 0.05) is 17.3 Å². The molecule has 0 bridgehead atoms. The first kappa shape index (κ1) is 30.1. The molecule has 2 aromatic rings. The standard InChI is InChI=1S/C25H26IN5O9/c1-5-39-24(33)21-13(2)28-25(34)29-22(21)15-6-7-18(19(10-15)37-3)40-12-20(32)30-27-11-14-8-16(26)23(38-4)17(9-14)31(35)36/h6-11,22H,5,12H2,1-4H3,(H,30,32)(H2,28,29,34)/b27-11-/t22-/m0/s1. The van der Waals surface area contributed by atoms with Gasteiger partial charge >= 0.3 is 17.7 Å². The molecule has 1 atom stereocenters. The van der Waals surface area contributed by atoms with E-state index in [9.17, 15) is 24.5 Å². The van der Waals surface area contributed by atoms with Crippen molar-refractivity contribution in [3.63, 3.8) is 0 Å². The molecule has 14 nitrogen and oxygen atoms in total. The predicted octanol–water partition coefficient (Wildman–Crippen LogP) is 2.94. The van der Waals surface area contributed by atoms with Gasteiger partial charge in [0.2, 0.25) is 5.75 Å². The number of allylic oxidation sites excluding steroid dienone is 1. The number of ether oxygens (including phenoxy) is 4. The van der Waals surface area contributed by atoms with E-state index in [4.69, 9.17) is 18.9 Å². The Morgan fingerprint density at radius 3 is 2.60 bits per heavy atom. The van der Waals surface area contributed by atoms with Crippen LogP contribution in [0.4, 0.5) is 10.5 Å². The van der Waals surface area contributed by atoms with Crippen molar-refractivity contribution in [2.75, 3.05) is 27.4 Å². The van der Waals surface area contributed by atoms with Crippen molar-refractivity contribution in [2.45, 2.75) is 19.9 Å². The summed E-state index contributed by atoms with van der Waals surface area (Å²) in [6.07, 6.45) is 1.26. The normalized spacial score (nSPS) is 14.7. The molecule has 0 spiro atoms. The van der Waals surface area contributed by atoms with Gasteiger partial charge in [0.25, 0.3) is 5.91 Å².